The molecule has 1 amide bonds. The Hall–Kier alpha value is 0.250. The zero-order chi connectivity index (χ0) is 26.3. The van der Waals surface area contributed by atoms with Gasteiger partial charge in [0.1, 0.15) is 0 Å². The molecule has 9 nitrogen and oxygen atoms in total. The number of rotatable bonds is 21. The third kappa shape index (κ3) is 36.5. The van der Waals surface area contributed by atoms with Gasteiger partial charge in [-0.1, -0.05) is 96.8 Å². The predicted octanol–water partition coefficient (Wildman–Crippen LogP) is 1.09. The molecule has 35 heavy (non-hydrogen) atoms. The van der Waals surface area contributed by atoms with E-state index in [4.69, 9.17) is 10.3 Å². The summed E-state index contributed by atoms with van der Waals surface area (Å²) < 4.78 is 59.0. The summed E-state index contributed by atoms with van der Waals surface area (Å²) in [5.41, 5.74) is 4.78. The normalized spacial score (nSPS) is 11.3. The standard InChI is InChI=1S/C21H43NO4S.C2H7NO3S.Na/c1-3-4-5-6-7-8-9-10-11-12-13-14-15-16-17-18-21(23)22(2)19-20-27(24,25)26;3-1-2-7(4,5)6;/h3-20H2,1-2H3,(H,24,25,26);1-3H2,(H,4,5,6);/q;;+1/p-1. The summed E-state index contributed by atoms with van der Waals surface area (Å²) in [6.07, 6.45) is 19.7. The molecule has 0 aromatic heterocycles. The summed E-state index contributed by atoms with van der Waals surface area (Å²) in [6.45, 7) is 2.22. The van der Waals surface area contributed by atoms with Gasteiger partial charge in [0.2, 0.25) is 5.91 Å². The second-order valence-corrected chi connectivity index (χ2v) is 11.9. The Morgan fingerprint density at radius 3 is 1.43 bits per heavy atom. The van der Waals surface area contributed by atoms with Gasteiger partial charge in [-0.3, -0.25) is 9.35 Å². The third-order valence-electron chi connectivity index (χ3n) is 5.47. The SMILES string of the molecule is CCCCCCCCCCCCCCCCCC(=O)N(C)CCS(=O)(=O)[O-].NCCS(=O)(=O)O.[Na+]. The Labute approximate surface area is 237 Å². The molecule has 0 unspecified atom stereocenters. The van der Waals surface area contributed by atoms with Crippen LogP contribution in [0.3, 0.4) is 0 Å². The molecule has 3 N–H and O–H groups in total. The van der Waals surface area contributed by atoms with Crippen molar-refractivity contribution >= 4 is 26.1 Å². The van der Waals surface area contributed by atoms with E-state index in [1.54, 1.807) is 7.05 Å². The zero-order valence-electron chi connectivity index (χ0n) is 22.4. The predicted molar refractivity (Wildman–Crippen MR) is 137 cm³/mol. The van der Waals surface area contributed by atoms with Crippen LogP contribution < -0.4 is 35.3 Å². The molecule has 0 fully saturated rings. The first-order valence-corrected chi connectivity index (χ1v) is 15.9. The molecular formula is C23H49N2NaO7S2. The van der Waals surface area contributed by atoms with Gasteiger partial charge in [0.15, 0.2) is 0 Å². The molecular weight excluding hydrogens is 503 g/mol. The first kappa shape index (κ1) is 39.8. The second-order valence-electron chi connectivity index (χ2n) is 8.85. The summed E-state index contributed by atoms with van der Waals surface area (Å²) in [5, 5.41) is 0. The van der Waals surface area contributed by atoms with Crippen LogP contribution in [-0.2, 0) is 25.0 Å². The molecule has 0 spiro atoms. The minimum Gasteiger partial charge on any atom is -0.748 e. The van der Waals surface area contributed by atoms with Crippen molar-refractivity contribution in [3.8, 4) is 0 Å². The molecule has 0 aromatic rings. The van der Waals surface area contributed by atoms with Crippen LogP contribution in [0.1, 0.15) is 110 Å². The maximum absolute atomic E-state index is 11.8. The fraction of sp³-hybridized carbons (Fsp3) is 0.957. The quantitative estimate of drug-likeness (QED) is 0.122. The number of carbonyl (C=O) groups excluding carboxylic acids is 1. The largest absolute Gasteiger partial charge is 1.00 e. The van der Waals surface area contributed by atoms with Gasteiger partial charge in [0.05, 0.1) is 21.6 Å². The van der Waals surface area contributed by atoms with Crippen molar-refractivity contribution in [1.82, 2.24) is 4.90 Å². The number of nitrogens with zero attached hydrogens (tertiary/aromatic N) is 1. The van der Waals surface area contributed by atoms with Crippen molar-refractivity contribution in [2.24, 2.45) is 5.73 Å². The maximum atomic E-state index is 11.8. The molecule has 0 aromatic carbocycles. The molecule has 0 atom stereocenters. The van der Waals surface area contributed by atoms with E-state index in [0.717, 1.165) is 19.3 Å². The van der Waals surface area contributed by atoms with E-state index < -0.39 is 26.0 Å². The van der Waals surface area contributed by atoms with E-state index in [1.165, 1.54) is 81.9 Å². The molecule has 12 heteroatoms. The molecule has 0 radical (unpaired) electrons. The molecule has 0 heterocycles. The van der Waals surface area contributed by atoms with Crippen LogP contribution in [0.15, 0.2) is 0 Å². The Morgan fingerprint density at radius 1 is 0.771 bits per heavy atom. The molecule has 0 bridgehead atoms. The average molecular weight is 553 g/mol. The third-order valence-corrected chi connectivity index (χ3v) is 6.91. The minimum absolute atomic E-state index is 0. The van der Waals surface area contributed by atoms with Gasteiger partial charge in [0.25, 0.3) is 10.1 Å². The van der Waals surface area contributed by atoms with Crippen LogP contribution >= 0.6 is 0 Å². The zero-order valence-corrected chi connectivity index (χ0v) is 26.0. The van der Waals surface area contributed by atoms with Crippen molar-refractivity contribution < 1.29 is 60.3 Å². The first-order valence-electron chi connectivity index (χ1n) is 12.8. The average Bonchev–Trinajstić information content (AvgIpc) is 2.73. The van der Waals surface area contributed by atoms with E-state index in [9.17, 15) is 26.2 Å². The summed E-state index contributed by atoms with van der Waals surface area (Å²) in [7, 11) is -6.49. The fourth-order valence-corrected chi connectivity index (χ4v) is 4.16. The molecule has 0 saturated carbocycles. The van der Waals surface area contributed by atoms with E-state index in [-0.39, 0.29) is 54.3 Å². The van der Waals surface area contributed by atoms with Gasteiger partial charge in [-0.15, -0.1) is 0 Å². The molecule has 0 rings (SSSR count). The van der Waals surface area contributed by atoms with Crippen LogP contribution in [0.25, 0.3) is 0 Å². The van der Waals surface area contributed by atoms with Crippen molar-refractivity contribution in [3.05, 3.63) is 0 Å². The number of carbonyl (C=O) groups is 1. The van der Waals surface area contributed by atoms with Crippen LogP contribution in [0, 0.1) is 0 Å². The summed E-state index contributed by atoms with van der Waals surface area (Å²) in [4.78, 5) is 13.2. The monoisotopic (exact) mass is 552 g/mol. The van der Waals surface area contributed by atoms with Crippen LogP contribution in [0.4, 0.5) is 0 Å². The molecule has 0 aliphatic rings. The van der Waals surface area contributed by atoms with Crippen molar-refractivity contribution in [1.29, 1.82) is 0 Å². The number of hydrogen-bond donors (Lipinski definition) is 2. The summed E-state index contributed by atoms with van der Waals surface area (Å²) >= 11 is 0. The van der Waals surface area contributed by atoms with E-state index >= 15 is 0 Å². The van der Waals surface area contributed by atoms with Crippen LogP contribution in [0.5, 0.6) is 0 Å². The van der Waals surface area contributed by atoms with E-state index in [1.807, 2.05) is 0 Å². The van der Waals surface area contributed by atoms with Crippen LogP contribution in [0.2, 0.25) is 0 Å². The van der Waals surface area contributed by atoms with Gasteiger partial charge in [0, 0.05) is 26.6 Å². The van der Waals surface area contributed by atoms with Gasteiger partial charge >= 0.3 is 29.6 Å². The van der Waals surface area contributed by atoms with Crippen molar-refractivity contribution in [2.45, 2.75) is 110 Å². The van der Waals surface area contributed by atoms with Gasteiger partial charge < -0.3 is 15.2 Å². The molecule has 0 aliphatic carbocycles. The van der Waals surface area contributed by atoms with Crippen molar-refractivity contribution in [2.75, 3.05) is 31.6 Å². The second kappa shape index (κ2) is 25.9. The maximum Gasteiger partial charge on any atom is 1.00 e. The van der Waals surface area contributed by atoms with Crippen LogP contribution in [-0.4, -0.2) is 68.4 Å². The van der Waals surface area contributed by atoms with Gasteiger partial charge in [-0.05, 0) is 6.42 Å². The molecule has 206 valence electrons. The van der Waals surface area contributed by atoms with E-state index in [2.05, 4.69) is 6.92 Å². The number of hydrogen-bond acceptors (Lipinski definition) is 7. The van der Waals surface area contributed by atoms with Crippen molar-refractivity contribution in [3.63, 3.8) is 0 Å². The number of nitrogens with two attached hydrogens (primary N) is 1. The molecule has 0 aliphatic heterocycles. The smallest absolute Gasteiger partial charge is 0.748 e. The Kier molecular flexibility index (Phi) is 29.4. The Bertz CT molecular complexity index is 690. The van der Waals surface area contributed by atoms with Gasteiger partial charge in [-0.2, -0.15) is 8.42 Å². The Morgan fingerprint density at radius 2 is 1.14 bits per heavy atom. The summed E-state index contributed by atoms with van der Waals surface area (Å²) in [5.74, 6) is -0.936. The van der Waals surface area contributed by atoms with Gasteiger partial charge in [-0.25, -0.2) is 8.42 Å². The topological polar surface area (TPSA) is 158 Å². The minimum atomic E-state index is -4.25. The Balaban J connectivity index is -0.00000111. The fourth-order valence-electron chi connectivity index (χ4n) is 3.36. The number of unbranched alkanes of at least 4 members (excludes halogenated alkanes) is 14. The summed E-state index contributed by atoms with van der Waals surface area (Å²) in [6, 6.07) is 0. The molecule has 0 saturated heterocycles. The van der Waals surface area contributed by atoms with E-state index in [0.29, 0.717) is 6.42 Å². The first-order chi connectivity index (χ1) is 15.9. The number of amides is 1.